The van der Waals surface area contributed by atoms with Crippen LogP contribution < -0.4 is 5.73 Å². The molecule has 0 aliphatic rings. The number of methoxy groups -OCH3 is 3. The quantitative estimate of drug-likeness (QED) is 0.608. The third-order valence-electron chi connectivity index (χ3n) is 3.49. The predicted octanol–water partition coefficient (Wildman–Crippen LogP) is 0.680. The zero-order valence-electron chi connectivity index (χ0n) is 12.0. The van der Waals surface area contributed by atoms with Gasteiger partial charge >= 0.3 is 0 Å². The summed E-state index contributed by atoms with van der Waals surface area (Å²) in [7, 11) is 7.05. The molecule has 0 aliphatic heterocycles. The van der Waals surface area contributed by atoms with Gasteiger partial charge in [0.25, 0.3) is 0 Å². The van der Waals surface area contributed by atoms with E-state index in [0.717, 1.165) is 6.42 Å². The van der Waals surface area contributed by atoms with Crippen molar-refractivity contribution in [1.29, 1.82) is 0 Å². The van der Waals surface area contributed by atoms with Gasteiger partial charge in [-0.3, -0.25) is 4.90 Å². The topological polar surface area (TPSA) is 57.0 Å². The van der Waals surface area contributed by atoms with Crippen molar-refractivity contribution in [3.63, 3.8) is 0 Å². The van der Waals surface area contributed by atoms with Crippen molar-refractivity contribution in [2.45, 2.75) is 38.1 Å². The molecule has 0 aliphatic carbocycles. The summed E-state index contributed by atoms with van der Waals surface area (Å²) in [4.78, 5) is 2.22. The lowest BCUT2D eigenvalue weighted by Crippen LogP contribution is -2.56. The van der Waals surface area contributed by atoms with Crippen LogP contribution in [-0.2, 0) is 14.2 Å². The summed E-state index contributed by atoms with van der Waals surface area (Å²) in [5.41, 5.74) is 5.73. The van der Waals surface area contributed by atoms with E-state index in [0.29, 0.717) is 19.2 Å². The molecule has 0 aromatic rings. The summed E-state index contributed by atoms with van der Waals surface area (Å²) in [6, 6.07) is 0.294. The lowest BCUT2D eigenvalue weighted by atomic mass is 9.94. The second-order valence-corrected chi connectivity index (χ2v) is 4.72. The lowest BCUT2D eigenvalue weighted by Gasteiger charge is -2.42. The summed E-state index contributed by atoms with van der Waals surface area (Å²) in [6.07, 6.45) is 0.488. The highest BCUT2D eigenvalue weighted by atomic mass is 16.7. The van der Waals surface area contributed by atoms with Crippen LogP contribution in [0.1, 0.15) is 20.3 Å². The van der Waals surface area contributed by atoms with Gasteiger partial charge in [0.05, 0.1) is 6.61 Å². The Kier molecular flexibility index (Phi) is 7.91. The van der Waals surface area contributed by atoms with Crippen LogP contribution in [0.25, 0.3) is 0 Å². The van der Waals surface area contributed by atoms with Crippen LogP contribution in [0.15, 0.2) is 0 Å². The maximum Gasteiger partial charge on any atom is 0.158 e. The van der Waals surface area contributed by atoms with Crippen LogP contribution in [0.3, 0.4) is 0 Å². The minimum absolute atomic E-state index is 0.172. The van der Waals surface area contributed by atoms with Crippen LogP contribution in [0.2, 0.25) is 0 Å². The predicted molar refractivity (Wildman–Crippen MR) is 69.0 cm³/mol. The molecule has 0 aromatic heterocycles. The van der Waals surface area contributed by atoms with Crippen LogP contribution in [-0.4, -0.2) is 64.3 Å². The Balaban J connectivity index is 4.63. The minimum atomic E-state index is -0.235. The van der Waals surface area contributed by atoms with Crippen molar-refractivity contribution in [1.82, 2.24) is 4.90 Å². The molecule has 17 heavy (non-hydrogen) atoms. The van der Waals surface area contributed by atoms with Gasteiger partial charge in [0.1, 0.15) is 0 Å². The highest BCUT2D eigenvalue weighted by Gasteiger charge is 2.33. The lowest BCUT2D eigenvalue weighted by molar-refractivity contribution is -0.130. The van der Waals surface area contributed by atoms with Crippen molar-refractivity contribution < 1.29 is 14.2 Å². The molecule has 0 saturated heterocycles. The molecule has 0 amide bonds. The summed E-state index contributed by atoms with van der Waals surface area (Å²) in [5.74, 6) is 0. The van der Waals surface area contributed by atoms with E-state index in [9.17, 15) is 0 Å². The molecule has 5 heteroatoms. The fraction of sp³-hybridized carbons (Fsp3) is 1.00. The number of rotatable bonds is 9. The Bertz CT molecular complexity index is 200. The molecule has 0 rings (SSSR count). The molecule has 0 saturated carbocycles. The molecular formula is C12H28N2O3. The summed E-state index contributed by atoms with van der Waals surface area (Å²) >= 11 is 0. The zero-order chi connectivity index (χ0) is 13.5. The Morgan fingerprint density at radius 3 is 2.12 bits per heavy atom. The van der Waals surface area contributed by atoms with Gasteiger partial charge in [0.15, 0.2) is 6.29 Å². The first-order valence-electron chi connectivity index (χ1n) is 5.92. The van der Waals surface area contributed by atoms with E-state index in [-0.39, 0.29) is 11.8 Å². The minimum Gasteiger partial charge on any atom is -0.383 e. The van der Waals surface area contributed by atoms with E-state index in [2.05, 4.69) is 25.8 Å². The van der Waals surface area contributed by atoms with Crippen molar-refractivity contribution in [2.75, 3.05) is 41.5 Å². The smallest absolute Gasteiger partial charge is 0.158 e. The molecule has 0 heterocycles. The third-order valence-corrected chi connectivity index (χ3v) is 3.49. The van der Waals surface area contributed by atoms with E-state index in [1.807, 2.05) is 0 Å². The average Bonchev–Trinajstić information content (AvgIpc) is 2.34. The molecule has 0 bridgehead atoms. The highest BCUT2D eigenvalue weighted by Crippen LogP contribution is 2.22. The number of nitrogens with zero attached hydrogens (tertiary/aromatic N) is 1. The van der Waals surface area contributed by atoms with E-state index < -0.39 is 0 Å². The van der Waals surface area contributed by atoms with E-state index in [1.54, 1.807) is 21.3 Å². The second kappa shape index (κ2) is 8.00. The van der Waals surface area contributed by atoms with Crippen LogP contribution >= 0.6 is 0 Å². The van der Waals surface area contributed by atoms with Crippen LogP contribution in [0.4, 0.5) is 0 Å². The molecule has 2 N–H and O–H groups in total. The summed E-state index contributed by atoms with van der Waals surface area (Å²) < 4.78 is 15.7. The van der Waals surface area contributed by atoms with Gasteiger partial charge in [-0.15, -0.1) is 0 Å². The third kappa shape index (κ3) is 4.89. The van der Waals surface area contributed by atoms with Crippen LogP contribution in [0.5, 0.6) is 0 Å². The fourth-order valence-corrected chi connectivity index (χ4v) is 1.88. The number of hydrogen-bond acceptors (Lipinski definition) is 5. The molecule has 2 unspecified atom stereocenters. The van der Waals surface area contributed by atoms with Gasteiger partial charge in [-0.2, -0.15) is 0 Å². The SMILES string of the molecule is COCC(C)N(C)C(C)(CN)CC(OC)OC. The Morgan fingerprint density at radius 2 is 1.76 bits per heavy atom. The van der Waals surface area contributed by atoms with Gasteiger partial charge in [0, 0.05) is 45.9 Å². The first-order valence-corrected chi connectivity index (χ1v) is 5.92. The standard InChI is InChI=1S/C12H28N2O3/c1-10(8-15-4)14(3)12(2,9-13)7-11(16-5)17-6/h10-11H,7-9,13H2,1-6H3. The second-order valence-electron chi connectivity index (χ2n) is 4.72. The first kappa shape index (κ1) is 16.8. The van der Waals surface area contributed by atoms with Gasteiger partial charge in [-0.05, 0) is 20.9 Å². The van der Waals surface area contributed by atoms with Gasteiger partial charge in [0.2, 0.25) is 0 Å². The average molecular weight is 248 g/mol. The molecule has 0 spiro atoms. The van der Waals surface area contributed by atoms with E-state index in [4.69, 9.17) is 19.9 Å². The van der Waals surface area contributed by atoms with Crippen molar-refractivity contribution in [2.24, 2.45) is 5.73 Å². The number of likely N-dealkylation sites (N-methyl/N-ethyl adjacent to an activating group) is 1. The molecule has 104 valence electrons. The molecular weight excluding hydrogens is 220 g/mol. The maximum absolute atomic E-state index is 5.91. The number of ether oxygens (including phenoxy) is 3. The normalized spacial score (nSPS) is 17.5. The van der Waals surface area contributed by atoms with Crippen molar-refractivity contribution >= 4 is 0 Å². The van der Waals surface area contributed by atoms with Crippen LogP contribution in [0, 0.1) is 0 Å². The first-order chi connectivity index (χ1) is 7.95. The molecule has 2 atom stereocenters. The summed E-state index contributed by atoms with van der Waals surface area (Å²) in [5, 5.41) is 0. The highest BCUT2D eigenvalue weighted by molar-refractivity contribution is 4.89. The van der Waals surface area contributed by atoms with Crippen molar-refractivity contribution in [3.05, 3.63) is 0 Å². The van der Waals surface area contributed by atoms with Gasteiger partial charge in [-0.25, -0.2) is 0 Å². The van der Waals surface area contributed by atoms with E-state index in [1.165, 1.54) is 0 Å². The monoisotopic (exact) mass is 248 g/mol. The molecule has 5 nitrogen and oxygen atoms in total. The Labute approximate surface area is 105 Å². The van der Waals surface area contributed by atoms with Crippen molar-refractivity contribution in [3.8, 4) is 0 Å². The zero-order valence-corrected chi connectivity index (χ0v) is 12.0. The molecule has 0 aromatic carbocycles. The van der Waals surface area contributed by atoms with Gasteiger partial charge < -0.3 is 19.9 Å². The Hall–Kier alpha value is -0.200. The number of nitrogens with two attached hydrogens (primary N) is 1. The number of hydrogen-bond donors (Lipinski definition) is 1. The van der Waals surface area contributed by atoms with Gasteiger partial charge in [-0.1, -0.05) is 0 Å². The molecule has 0 radical (unpaired) electrons. The summed E-state index contributed by atoms with van der Waals surface area (Å²) in [6.45, 7) is 5.45. The maximum atomic E-state index is 5.91. The van der Waals surface area contributed by atoms with E-state index >= 15 is 0 Å². The molecule has 0 fully saturated rings. The largest absolute Gasteiger partial charge is 0.383 e. The Morgan fingerprint density at radius 1 is 1.24 bits per heavy atom. The fourth-order valence-electron chi connectivity index (χ4n) is 1.88.